The molecule has 154 valence electrons. The van der Waals surface area contributed by atoms with Gasteiger partial charge in [0.05, 0.1) is 24.2 Å². The van der Waals surface area contributed by atoms with E-state index >= 15 is 0 Å². The van der Waals surface area contributed by atoms with Gasteiger partial charge < -0.3 is 19.5 Å². The van der Waals surface area contributed by atoms with Gasteiger partial charge in [-0.25, -0.2) is 9.59 Å². The van der Waals surface area contributed by atoms with E-state index in [0.29, 0.717) is 6.42 Å². The average Bonchev–Trinajstić information content (AvgIpc) is 2.69. The summed E-state index contributed by atoms with van der Waals surface area (Å²) < 4.78 is 14.7. The van der Waals surface area contributed by atoms with Crippen molar-refractivity contribution >= 4 is 23.5 Å². The second kappa shape index (κ2) is 10.9. The third-order valence-corrected chi connectivity index (χ3v) is 4.01. The third kappa shape index (κ3) is 6.22. The highest BCUT2D eigenvalue weighted by Gasteiger charge is 2.27. The summed E-state index contributed by atoms with van der Waals surface area (Å²) in [5.41, 5.74) is -0.488. The zero-order valence-electron chi connectivity index (χ0n) is 16.2. The van der Waals surface area contributed by atoms with Gasteiger partial charge in [-0.05, 0) is 25.0 Å². The molecule has 0 radical (unpaired) electrons. The van der Waals surface area contributed by atoms with Crippen LogP contribution in [0.25, 0.3) is 0 Å². The number of carbonyl (C=O) groups is 3. The molecule has 1 amide bonds. The summed E-state index contributed by atoms with van der Waals surface area (Å²) in [6.45, 7) is 4.87. The number of ether oxygens (including phenoxy) is 3. The first-order valence-electron chi connectivity index (χ1n) is 8.70. The molecule has 0 saturated carbocycles. The Morgan fingerprint density at radius 1 is 1.25 bits per heavy atom. The van der Waals surface area contributed by atoms with Crippen LogP contribution in [0, 0.1) is 16.0 Å². The zero-order chi connectivity index (χ0) is 21.3. The maximum Gasteiger partial charge on any atom is 0.338 e. The van der Waals surface area contributed by atoms with Crippen molar-refractivity contribution in [2.24, 2.45) is 5.92 Å². The Balaban J connectivity index is 2.78. The van der Waals surface area contributed by atoms with E-state index in [1.54, 1.807) is 13.8 Å². The molecule has 1 rings (SSSR count). The lowest BCUT2D eigenvalue weighted by Crippen LogP contribution is -2.47. The van der Waals surface area contributed by atoms with Crippen molar-refractivity contribution in [3.8, 4) is 5.75 Å². The Hall–Kier alpha value is -3.17. The van der Waals surface area contributed by atoms with Gasteiger partial charge in [-0.3, -0.25) is 14.9 Å². The second-order valence-electron chi connectivity index (χ2n) is 5.90. The molecule has 0 unspecified atom stereocenters. The highest BCUT2D eigenvalue weighted by atomic mass is 16.6. The number of nitro groups is 1. The molecule has 28 heavy (non-hydrogen) atoms. The van der Waals surface area contributed by atoms with Crippen molar-refractivity contribution in [3.05, 3.63) is 33.9 Å². The van der Waals surface area contributed by atoms with Gasteiger partial charge in [-0.15, -0.1) is 0 Å². The first kappa shape index (κ1) is 22.9. The molecule has 10 heteroatoms. The lowest BCUT2D eigenvalue weighted by atomic mass is 9.99. The molecule has 10 nitrogen and oxygen atoms in total. The van der Waals surface area contributed by atoms with Crippen molar-refractivity contribution < 1.29 is 33.5 Å². The van der Waals surface area contributed by atoms with Crippen LogP contribution in [-0.4, -0.2) is 49.1 Å². The highest BCUT2D eigenvalue weighted by molar-refractivity contribution is 5.93. The SMILES string of the molecule is CCOc1ccc(C(=O)OCC(=O)N[C@@H](C(=O)OC)[C@@H](C)CC)cc1[N+](=O)[O-]. The molecule has 0 saturated heterocycles. The first-order chi connectivity index (χ1) is 13.2. The molecule has 1 aromatic carbocycles. The van der Waals surface area contributed by atoms with E-state index in [9.17, 15) is 24.5 Å². The van der Waals surface area contributed by atoms with Gasteiger partial charge in [0.15, 0.2) is 12.4 Å². The molecule has 0 spiro atoms. The number of hydrogen-bond donors (Lipinski definition) is 1. The van der Waals surface area contributed by atoms with Crippen LogP contribution in [0.15, 0.2) is 18.2 Å². The Bertz CT molecular complexity index is 734. The molecule has 0 heterocycles. The van der Waals surface area contributed by atoms with E-state index in [1.807, 2.05) is 6.92 Å². The summed E-state index contributed by atoms with van der Waals surface area (Å²) in [5.74, 6) is -2.36. The van der Waals surface area contributed by atoms with Crippen molar-refractivity contribution in [2.45, 2.75) is 33.2 Å². The van der Waals surface area contributed by atoms with E-state index in [-0.39, 0.29) is 29.5 Å². The van der Waals surface area contributed by atoms with E-state index in [1.165, 1.54) is 19.2 Å². The molecule has 0 aromatic heterocycles. The second-order valence-corrected chi connectivity index (χ2v) is 5.90. The average molecular weight is 396 g/mol. The maximum absolute atomic E-state index is 12.1. The molecule has 1 aromatic rings. The largest absolute Gasteiger partial charge is 0.487 e. The lowest BCUT2D eigenvalue weighted by Gasteiger charge is -2.21. The lowest BCUT2D eigenvalue weighted by molar-refractivity contribution is -0.385. The molecule has 0 aliphatic carbocycles. The molecule has 0 aliphatic heterocycles. The van der Waals surface area contributed by atoms with Crippen molar-refractivity contribution in [1.82, 2.24) is 5.32 Å². The van der Waals surface area contributed by atoms with Crippen LogP contribution in [-0.2, 0) is 19.1 Å². The predicted octanol–water partition coefficient (Wildman–Crippen LogP) is 1.85. The fourth-order valence-corrected chi connectivity index (χ4v) is 2.29. The van der Waals surface area contributed by atoms with Crippen molar-refractivity contribution in [1.29, 1.82) is 0 Å². The number of nitrogens with one attached hydrogen (secondary N) is 1. The number of benzene rings is 1. The van der Waals surface area contributed by atoms with Crippen LogP contribution in [0.3, 0.4) is 0 Å². The summed E-state index contributed by atoms with van der Waals surface area (Å²) in [4.78, 5) is 46.3. The number of methoxy groups -OCH3 is 1. The Morgan fingerprint density at radius 3 is 2.46 bits per heavy atom. The van der Waals surface area contributed by atoms with Crippen LogP contribution in [0.4, 0.5) is 5.69 Å². The molecule has 1 N–H and O–H groups in total. The quantitative estimate of drug-likeness (QED) is 0.360. The topological polar surface area (TPSA) is 134 Å². The van der Waals surface area contributed by atoms with Crippen molar-refractivity contribution in [2.75, 3.05) is 20.3 Å². The zero-order valence-corrected chi connectivity index (χ0v) is 16.2. The summed E-state index contributed by atoms with van der Waals surface area (Å²) in [6.07, 6.45) is 0.621. The third-order valence-electron chi connectivity index (χ3n) is 4.01. The molecular weight excluding hydrogens is 372 g/mol. The van der Waals surface area contributed by atoms with Gasteiger partial charge in [-0.2, -0.15) is 0 Å². The Kier molecular flexibility index (Phi) is 8.86. The minimum Gasteiger partial charge on any atom is -0.487 e. The smallest absolute Gasteiger partial charge is 0.338 e. The van der Waals surface area contributed by atoms with E-state index in [2.05, 4.69) is 10.1 Å². The van der Waals surface area contributed by atoms with Crippen LogP contribution >= 0.6 is 0 Å². The maximum atomic E-state index is 12.1. The molecule has 0 fully saturated rings. The van der Waals surface area contributed by atoms with Gasteiger partial charge in [0.1, 0.15) is 6.04 Å². The summed E-state index contributed by atoms with van der Waals surface area (Å²) >= 11 is 0. The number of esters is 2. The van der Waals surface area contributed by atoms with Crippen LogP contribution in [0.5, 0.6) is 5.75 Å². The summed E-state index contributed by atoms with van der Waals surface area (Å²) in [6, 6.07) is 2.73. The van der Waals surface area contributed by atoms with Crippen LogP contribution in [0.2, 0.25) is 0 Å². The minimum absolute atomic E-state index is 0.0243. The number of nitrogens with zero attached hydrogens (tertiary/aromatic N) is 1. The number of carbonyl (C=O) groups excluding carboxylic acids is 3. The number of rotatable bonds is 10. The van der Waals surface area contributed by atoms with Gasteiger partial charge in [0.2, 0.25) is 0 Å². The predicted molar refractivity (Wildman–Crippen MR) is 97.9 cm³/mol. The van der Waals surface area contributed by atoms with Crippen LogP contribution in [0.1, 0.15) is 37.6 Å². The van der Waals surface area contributed by atoms with E-state index in [4.69, 9.17) is 9.47 Å². The van der Waals surface area contributed by atoms with Crippen LogP contribution < -0.4 is 10.1 Å². The number of hydrogen-bond acceptors (Lipinski definition) is 8. The molecule has 2 atom stereocenters. The first-order valence-corrected chi connectivity index (χ1v) is 8.70. The highest BCUT2D eigenvalue weighted by Crippen LogP contribution is 2.28. The molecular formula is C18H24N2O8. The Morgan fingerprint density at radius 2 is 1.93 bits per heavy atom. The van der Waals surface area contributed by atoms with E-state index in [0.717, 1.165) is 6.07 Å². The van der Waals surface area contributed by atoms with Gasteiger partial charge in [-0.1, -0.05) is 20.3 Å². The fraction of sp³-hybridized carbons (Fsp3) is 0.500. The number of amides is 1. The van der Waals surface area contributed by atoms with Crippen molar-refractivity contribution in [3.63, 3.8) is 0 Å². The molecule has 0 bridgehead atoms. The number of nitro benzene ring substituents is 1. The van der Waals surface area contributed by atoms with Gasteiger partial charge >= 0.3 is 17.6 Å². The van der Waals surface area contributed by atoms with Gasteiger partial charge in [0, 0.05) is 6.07 Å². The van der Waals surface area contributed by atoms with E-state index < -0.39 is 35.4 Å². The Labute approximate surface area is 162 Å². The normalized spacial score (nSPS) is 12.4. The monoisotopic (exact) mass is 396 g/mol. The van der Waals surface area contributed by atoms with Gasteiger partial charge in [0.25, 0.3) is 5.91 Å². The molecule has 0 aliphatic rings. The minimum atomic E-state index is -0.917. The summed E-state index contributed by atoms with van der Waals surface area (Å²) in [7, 11) is 1.21. The fourth-order valence-electron chi connectivity index (χ4n) is 2.29. The summed E-state index contributed by atoms with van der Waals surface area (Å²) in [5, 5.41) is 13.6. The standard InChI is InChI=1S/C18H24N2O8/c1-5-11(3)16(18(23)26-4)19-15(21)10-28-17(22)12-7-8-14(27-6-2)13(9-12)20(24)25/h7-9,11,16H,5-6,10H2,1-4H3,(H,19,21)/t11-,16+/m0/s1.